The number of carbonyl (C=O) groups is 1. The summed E-state index contributed by atoms with van der Waals surface area (Å²) < 4.78 is 17.8. The van der Waals surface area contributed by atoms with E-state index >= 15 is 0 Å². The SMILES string of the molecule is C=CCn1c(SCC(=O)c2ccc3c(c2)OCO3)nnc1-c1ccc(OC)cc1. The van der Waals surface area contributed by atoms with Crippen LogP contribution in [0.25, 0.3) is 11.4 Å². The Kier molecular flexibility index (Phi) is 5.53. The first-order valence-electron chi connectivity index (χ1n) is 8.94. The predicted octanol–water partition coefficient (Wildman–Crippen LogP) is 3.84. The third-order valence-corrected chi connectivity index (χ3v) is 5.37. The Labute approximate surface area is 172 Å². The number of aromatic nitrogens is 3. The normalized spacial score (nSPS) is 12.0. The van der Waals surface area contributed by atoms with Crippen molar-refractivity contribution in [1.29, 1.82) is 0 Å². The lowest BCUT2D eigenvalue weighted by Gasteiger charge is -2.08. The second kappa shape index (κ2) is 8.40. The van der Waals surface area contributed by atoms with E-state index in [-0.39, 0.29) is 18.3 Å². The fourth-order valence-electron chi connectivity index (χ4n) is 2.93. The standard InChI is InChI=1S/C21H19N3O4S/c1-3-10-24-20(14-4-7-16(26-2)8-5-14)22-23-21(24)29-12-17(25)15-6-9-18-19(11-15)28-13-27-18/h3-9,11H,1,10,12-13H2,2H3. The number of Topliss-reactive ketones (excluding diaryl/α,β-unsaturated/α-hetero) is 1. The van der Waals surface area contributed by atoms with Crippen LogP contribution in [0.2, 0.25) is 0 Å². The number of hydrogen-bond donors (Lipinski definition) is 0. The highest BCUT2D eigenvalue weighted by atomic mass is 32.2. The molecular weight excluding hydrogens is 390 g/mol. The first-order valence-corrected chi connectivity index (χ1v) is 9.92. The van der Waals surface area contributed by atoms with Crippen molar-refractivity contribution in [1.82, 2.24) is 14.8 Å². The van der Waals surface area contributed by atoms with E-state index in [4.69, 9.17) is 14.2 Å². The van der Waals surface area contributed by atoms with Gasteiger partial charge < -0.3 is 14.2 Å². The molecule has 3 aromatic rings. The molecule has 0 saturated heterocycles. The Morgan fingerprint density at radius 2 is 2.00 bits per heavy atom. The minimum atomic E-state index is -0.0209. The van der Waals surface area contributed by atoms with Gasteiger partial charge in [0.1, 0.15) is 5.75 Å². The van der Waals surface area contributed by atoms with Crippen LogP contribution in [0, 0.1) is 0 Å². The van der Waals surface area contributed by atoms with Gasteiger partial charge in [-0.15, -0.1) is 16.8 Å². The highest BCUT2D eigenvalue weighted by Crippen LogP contribution is 2.33. The third-order valence-electron chi connectivity index (χ3n) is 4.40. The van der Waals surface area contributed by atoms with E-state index < -0.39 is 0 Å². The molecule has 0 unspecified atom stereocenters. The average Bonchev–Trinajstić information content (AvgIpc) is 3.39. The molecule has 2 heterocycles. The van der Waals surface area contributed by atoms with Gasteiger partial charge in [0.15, 0.2) is 28.3 Å². The zero-order valence-electron chi connectivity index (χ0n) is 15.8. The lowest BCUT2D eigenvalue weighted by Crippen LogP contribution is -2.05. The van der Waals surface area contributed by atoms with E-state index in [1.54, 1.807) is 31.4 Å². The van der Waals surface area contributed by atoms with Gasteiger partial charge in [-0.05, 0) is 42.5 Å². The Bertz CT molecular complexity index is 1050. The van der Waals surface area contributed by atoms with E-state index in [1.165, 1.54) is 11.8 Å². The molecule has 0 radical (unpaired) electrons. The van der Waals surface area contributed by atoms with Gasteiger partial charge in [0.2, 0.25) is 6.79 Å². The molecule has 0 atom stereocenters. The molecule has 1 aliphatic rings. The molecule has 0 amide bonds. The number of ketones is 1. The van der Waals surface area contributed by atoms with Crippen molar-refractivity contribution in [2.24, 2.45) is 0 Å². The molecule has 0 fully saturated rings. The number of methoxy groups -OCH3 is 1. The summed E-state index contributed by atoms with van der Waals surface area (Å²) in [6.45, 7) is 4.53. The molecule has 1 aromatic heterocycles. The minimum Gasteiger partial charge on any atom is -0.497 e. The van der Waals surface area contributed by atoms with Gasteiger partial charge in [0, 0.05) is 17.7 Å². The molecule has 4 rings (SSSR count). The van der Waals surface area contributed by atoms with Crippen LogP contribution in [0.3, 0.4) is 0 Å². The van der Waals surface area contributed by atoms with Gasteiger partial charge >= 0.3 is 0 Å². The quantitative estimate of drug-likeness (QED) is 0.318. The monoisotopic (exact) mass is 409 g/mol. The fourth-order valence-corrected chi connectivity index (χ4v) is 3.77. The van der Waals surface area contributed by atoms with Crippen LogP contribution >= 0.6 is 11.8 Å². The topological polar surface area (TPSA) is 75.5 Å². The first-order chi connectivity index (χ1) is 14.2. The number of fused-ring (bicyclic) bond motifs is 1. The molecule has 0 N–H and O–H groups in total. The average molecular weight is 409 g/mol. The summed E-state index contributed by atoms with van der Waals surface area (Å²) in [4.78, 5) is 12.6. The second-order valence-electron chi connectivity index (χ2n) is 6.21. The number of hydrogen-bond acceptors (Lipinski definition) is 7. The smallest absolute Gasteiger partial charge is 0.231 e. The number of ether oxygens (including phenoxy) is 3. The van der Waals surface area contributed by atoms with Gasteiger partial charge in [-0.2, -0.15) is 0 Å². The summed E-state index contributed by atoms with van der Waals surface area (Å²) in [6.07, 6.45) is 1.78. The molecule has 7 nitrogen and oxygen atoms in total. The predicted molar refractivity (Wildman–Crippen MR) is 110 cm³/mol. The molecule has 8 heteroatoms. The summed E-state index contributed by atoms with van der Waals surface area (Å²) in [5.74, 6) is 2.95. The van der Waals surface area contributed by atoms with Gasteiger partial charge in [-0.3, -0.25) is 9.36 Å². The van der Waals surface area contributed by atoms with Gasteiger partial charge in [0.05, 0.1) is 12.9 Å². The number of nitrogens with zero attached hydrogens (tertiary/aromatic N) is 3. The minimum absolute atomic E-state index is 0.0209. The molecule has 0 aliphatic carbocycles. The van der Waals surface area contributed by atoms with Gasteiger partial charge in [-0.1, -0.05) is 17.8 Å². The Morgan fingerprint density at radius 3 is 2.76 bits per heavy atom. The van der Waals surface area contributed by atoms with Crippen molar-refractivity contribution in [2.75, 3.05) is 19.7 Å². The lowest BCUT2D eigenvalue weighted by atomic mass is 10.1. The van der Waals surface area contributed by atoms with E-state index in [2.05, 4.69) is 16.8 Å². The van der Waals surface area contributed by atoms with Crippen molar-refractivity contribution in [3.05, 3.63) is 60.7 Å². The molecule has 2 aromatic carbocycles. The maximum atomic E-state index is 12.6. The summed E-state index contributed by atoms with van der Waals surface area (Å²) >= 11 is 1.34. The summed E-state index contributed by atoms with van der Waals surface area (Å²) in [6, 6.07) is 12.8. The maximum Gasteiger partial charge on any atom is 0.231 e. The second-order valence-corrected chi connectivity index (χ2v) is 7.16. The van der Waals surface area contributed by atoms with Crippen LogP contribution in [0.15, 0.2) is 60.3 Å². The number of benzene rings is 2. The fraction of sp³-hybridized carbons (Fsp3) is 0.190. The molecular formula is C21H19N3O4S. The third kappa shape index (κ3) is 3.97. The lowest BCUT2D eigenvalue weighted by molar-refractivity contribution is 0.102. The van der Waals surface area contributed by atoms with E-state index in [9.17, 15) is 4.79 Å². The molecule has 29 heavy (non-hydrogen) atoms. The first kappa shape index (κ1) is 19.1. The summed E-state index contributed by atoms with van der Waals surface area (Å²) in [7, 11) is 1.63. The van der Waals surface area contributed by atoms with Crippen LogP contribution in [0.5, 0.6) is 17.2 Å². The van der Waals surface area contributed by atoms with E-state index in [0.29, 0.717) is 34.6 Å². The molecule has 148 valence electrons. The van der Waals surface area contributed by atoms with E-state index in [0.717, 1.165) is 11.3 Å². The van der Waals surface area contributed by atoms with Crippen LogP contribution in [0.1, 0.15) is 10.4 Å². The van der Waals surface area contributed by atoms with Crippen molar-refractivity contribution in [3.63, 3.8) is 0 Å². The van der Waals surface area contributed by atoms with Crippen molar-refractivity contribution in [2.45, 2.75) is 11.7 Å². The summed E-state index contributed by atoms with van der Waals surface area (Å²) in [5.41, 5.74) is 1.49. The Balaban J connectivity index is 1.51. The maximum absolute atomic E-state index is 12.6. The number of allylic oxidation sites excluding steroid dienone is 1. The van der Waals surface area contributed by atoms with Gasteiger partial charge in [0.25, 0.3) is 0 Å². The zero-order valence-corrected chi connectivity index (χ0v) is 16.6. The van der Waals surface area contributed by atoms with Crippen molar-refractivity contribution in [3.8, 4) is 28.6 Å². The number of carbonyl (C=O) groups excluding carboxylic acids is 1. The van der Waals surface area contributed by atoms with Crippen molar-refractivity contribution < 1.29 is 19.0 Å². The zero-order chi connectivity index (χ0) is 20.2. The van der Waals surface area contributed by atoms with Gasteiger partial charge in [-0.25, -0.2) is 0 Å². The number of thioether (sulfide) groups is 1. The largest absolute Gasteiger partial charge is 0.497 e. The molecule has 0 bridgehead atoms. The Morgan fingerprint density at radius 1 is 1.21 bits per heavy atom. The Hall–Kier alpha value is -3.26. The van der Waals surface area contributed by atoms with Crippen molar-refractivity contribution >= 4 is 17.5 Å². The number of rotatable bonds is 8. The van der Waals surface area contributed by atoms with Crippen LogP contribution < -0.4 is 14.2 Å². The van der Waals surface area contributed by atoms with Crippen LogP contribution in [-0.2, 0) is 6.54 Å². The molecule has 0 saturated carbocycles. The highest BCUT2D eigenvalue weighted by molar-refractivity contribution is 7.99. The molecule has 0 spiro atoms. The summed E-state index contributed by atoms with van der Waals surface area (Å²) in [5, 5.41) is 9.25. The van der Waals surface area contributed by atoms with Crippen LogP contribution in [-0.4, -0.2) is 40.2 Å². The highest BCUT2D eigenvalue weighted by Gasteiger charge is 2.18. The van der Waals surface area contributed by atoms with E-state index in [1.807, 2.05) is 28.8 Å². The van der Waals surface area contributed by atoms with Crippen LogP contribution in [0.4, 0.5) is 0 Å². The molecule has 1 aliphatic heterocycles.